The molecule has 0 heterocycles. The maximum atomic E-state index is 10.0. The van der Waals surface area contributed by atoms with Crippen LogP contribution >= 0.6 is 0 Å². The molecule has 0 radical (unpaired) electrons. The normalized spacial score (nSPS) is 15.3. The second-order valence-corrected chi connectivity index (χ2v) is 4.62. The highest BCUT2D eigenvalue weighted by molar-refractivity contribution is 5.20. The molecule has 2 atom stereocenters. The van der Waals surface area contributed by atoms with E-state index in [1.165, 1.54) is 5.56 Å². The van der Waals surface area contributed by atoms with E-state index in [0.717, 1.165) is 12.8 Å². The molecule has 1 N–H and O–H groups in total. The first-order valence-corrected chi connectivity index (χ1v) is 5.88. The first kappa shape index (κ1) is 12.3. The van der Waals surface area contributed by atoms with Gasteiger partial charge in [0.2, 0.25) is 0 Å². The number of benzene rings is 1. The minimum atomic E-state index is -0.213. The highest BCUT2D eigenvalue weighted by Crippen LogP contribution is 2.28. The van der Waals surface area contributed by atoms with Crippen LogP contribution in [0.2, 0.25) is 0 Å². The first-order chi connectivity index (χ1) is 7.15. The summed E-state index contributed by atoms with van der Waals surface area (Å²) in [5.74, 6) is 0.910. The topological polar surface area (TPSA) is 20.2 Å². The summed E-state index contributed by atoms with van der Waals surface area (Å²) in [5.41, 5.74) is 1.26. The maximum absolute atomic E-state index is 10.0. The molecule has 0 bridgehead atoms. The standard InChI is InChI=1S/C14H22O/c1-4-14(15)13(10-11(2)3)12-8-6-5-7-9-12/h5-9,11,13-15H,4,10H2,1-3H3. The summed E-state index contributed by atoms with van der Waals surface area (Å²) in [5, 5.41) is 10.0. The fourth-order valence-corrected chi connectivity index (χ4v) is 2.01. The highest BCUT2D eigenvalue weighted by atomic mass is 16.3. The fraction of sp³-hybridized carbons (Fsp3) is 0.571. The molecule has 0 aliphatic rings. The van der Waals surface area contributed by atoms with Gasteiger partial charge in [-0.25, -0.2) is 0 Å². The van der Waals surface area contributed by atoms with E-state index in [-0.39, 0.29) is 12.0 Å². The van der Waals surface area contributed by atoms with Gasteiger partial charge >= 0.3 is 0 Å². The van der Waals surface area contributed by atoms with Crippen molar-refractivity contribution >= 4 is 0 Å². The summed E-state index contributed by atoms with van der Waals surface area (Å²) in [6.07, 6.45) is 1.67. The van der Waals surface area contributed by atoms with E-state index in [2.05, 4.69) is 26.0 Å². The molecule has 84 valence electrons. The molecule has 2 unspecified atom stereocenters. The molecule has 0 aliphatic carbocycles. The van der Waals surface area contributed by atoms with Gasteiger partial charge in [0.1, 0.15) is 0 Å². The van der Waals surface area contributed by atoms with Crippen molar-refractivity contribution in [2.24, 2.45) is 5.92 Å². The van der Waals surface area contributed by atoms with E-state index in [0.29, 0.717) is 5.92 Å². The van der Waals surface area contributed by atoms with Gasteiger partial charge in [-0.1, -0.05) is 51.1 Å². The number of aliphatic hydroxyl groups is 1. The van der Waals surface area contributed by atoms with E-state index in [1.54, 1.807) is 0 Å². The molecule has 1 nitrogen and oxygen atoms in total. The van der Waals surface area contributed by atoms with Gasteiger partial charge in [0.25, 0.3) is 0 Å². The molecule has 1 rings (SSSR count). The number of hydrogen-bond acceptors (Lipinski definition) is 1. The van der Waals surface area contributed by atoms with E-state index >= 15 is 0 Å². The fourth-order valence-electron chi connectivity index (χ4n) is 2.01. The lowest BCUT2D eigenvalue weighted by molar-refractivity contribution is 0.128. The Morgan fingerprint density at radius 1 is 1.13 bits per heavy atom. The molecule has 15 heavy (non-hydrogen) atoms. The van der Waals surface area contributed by atoms with Crippen molar-refractivity contribution in [3.63, 3.8) is 0 Å². The molecular weight excluding hydrogens is 184 g/mol. The molecule has 0 aliphatic heterocycles. The van der Waals surface area contributed by atoms with Gasteiger partial charge in [0.15, 0.2) is 0 Å². The molecule has 0 fully saturated rings. The summed E-state index contributed by atoms with van der Waals surface area (Å²) in [6.45, 7) is 6.46. The zero-order chi connectivity index (χ0) is 11.3. The number of aliphatic hydroxyl groups excluding tert-OH is 1. The van der Waals surface area contributed by atoms with E-state index in [4.69, 9.17) is 0 Å². The average molecular weight is 206 g/mol. The van der Waals surface area contributed by atoms with Crippen LogP contribution in [0.25, 0.3) is 0 Å². The van der Waals surface area contributed by atoms with Gasteiger partial charge in [0.05, 0.1) is 6.10 Å². The van der Waals surface area contributed by atoms with E-state index in [9.17, 15) is 5.11 Å². The third-order valence-electron chi connectivity index (χ3n) is 2.84. The van der Waals surface area contributed by atoms with Gasteiger partial charge in [-0.05, 0) is 24.3 Å². The summed E-state index contributed by atoms with van der Waals surface area (Å²) >= 11 is 0. The minimum absolute atomic E-state index is 0.213. The molecule has 1 heteroatoms. The number of hydrogen-bond donors (Lipinski definition) is 1. The van der Waals surface area contributed by atoms with Gasteiger partial charge in [-0.3, -0.25) is 0 Å². The van der Waals surface area contributed by atoms with Crippen molar-refractivity contribution in [1.82, 2.24) is 0 Å². The monoisotopic (exact) mass is 206 g/mol. The van der Waals surface area contributed by atoms with Gasteiger partial charge < -0.3 is 5.11 Å². The minimum Gasteiger partial charge on any atom is -0.393 e. The molecule has 1 aromatic rings. The summed E-state index contributed by atoms with van der Waals surface area (Å²) < 4.78 is 0. The molecule has 0 aromatic heterocycles. The molecular formula is C14H22O. The smallest absolute Gasteiger partial charge is 0.0606 e. The molecule has 0 spiro atoms. The van der Waals surface area contributed by atoms with Crippen LogP contribution in [0.3, 0.4) is 0 Å². The van der Waals surface area contributed by atoms with Crippen molar-refractivity contribution in [2.45, 2.75) is 45.6 Å². The lowest BCUT2D eigenvalue weighted by Crippen LogP contribution is -2.19. The molecule has 1 aromatic carbocycles. The van der Waals surface area contributed by atoms with Crippen molar-refractivity contribution in [3.8, 4) is 0 Å². The number of rotatable bonds is 5. The Kier molecular flexibility index (Phi) is 4.83. The van der Waals surface area contributed by atoms with Crippen LogP contribution in [-0.4, -0.2) is 11.2 Å². The van der Waals surface area contributed by atoms with E-state index < -0.39 is 0 Å². The van der Waals surface area contributed by atoms with Gasteiger partial charge in [-0.15, -0.1) is 0 Å². The summed E-state index contributed by atoms with van der Waals surface area (Å²) in [7, 11) is 0. The first-order valence-electron chi connectivity index (χ1n) is 5.88. The van der Waals surface area contributed by atoms with Crippen LogP contribution in [0.15, 0.2) is 30.3 Å². The SMILES string of the molecule is CCC(O)C(CC(C)C)c1ccccc1. The van der Waals surface area contributed by atoms with Crippen molar-refractivity contribution in [2.75, 3.05) is 0 Å². The third kappa shape index (κ3) is 3.67. The van der Waals surface area contributed by atoms with E-state index in [1.807, 2.05) is 25.1 Å². The molecule has 0 saturated heterocycles. The third-order valence-corrected chi connectivity index (χ3v) is 2.84. The summed E-state index contributed by atoms with van der Waals surface area (Å²) in [4.78, 5) is 0. The Morgan fingerprint density at radius 3 is 2.20 bits per heavy atom. The van der Waals surface area contributed by atoms with Crippen molar-refractivity contribution in [3.05, 3.63) is 35.9 Å². The Morgan fingerprint density at radius 2 is 1.73 bits per heavy atom. The van der Waals surface area contributed by atoms with Crippen LogP contribution < -0.4 is 0 Å². The quantitative estimate of drug-likeness (QED) is 0.780. The largest absolute Gasteiger partial charge is 0.393 e. The van der Waals surface area contributed by atoms with Gasteiger partial charge in [0, 0.05) is 5.92 Å². The van der Waals surface area contributed by atoms with Crippen molar-refractivity contribution in [1.29, 1.82) is 0 Å². The second kappa shape index (κ2) is 5.92. The zero-order valence-corrected chi connectivity index (χ0v) is 9.98. The predicted octanol–water partition coefficient (Wildman–Crippen LogP) is 3.59. The second-order valence-electron chi connectivity index (χ2n) is 4.62. The van der Waals surface area contributed by atoms with Crippen LogP contribution in [0.1, 0.15) is 45.1 Å². The lowest BCUT2D eigenvalue weighted by atomic mass is 9.85. The predicted molar refractivity (Wildman–Crippen MR) is 64.9 cm³/mol. The Hall–Kier alpha value is -0.820. The van der Waals surface area contributed by atoms with Crippen LogP contribution in [-0.2, 0) is 0 Å². The summed E-state index contributed by atoms with van der Waals surface area (Å²) in [6, 6.07) is 10.3. The van der Waals surface area contributed by atoms with Crippen LogP contribution in [0.5, 0.6) is 0 Å². The van der Waals surface area contributed by atoms with Crippen molar-refractivity contribution < 1.29 is 5.11 Å². The zero-order valence-electron chi connectivity index (χ0n) is 9.98. The average Bonchev–Trinajstić information content (AvgIpc) is 2.26. The Balaban J connectivity index is 2.81. The lowest BCUT2D eigenvalue weighted by Gasteiger charge is -2.24. The maximum Gasteiger partial charge on any atom is 0.0606 e. The Bertz CT molecular complexity index is 266. The van der Waals surface area contributed by atoms with Crippen LogP contribution in [0, 0.1) is 5.92 Å². The molecule has 0 amide bonds. The van der Waals surface area contributed by atoms with Gasteiger partial charge in [-0.2, -0.15) is 0 Å². The molecule has 0 saturated carbocycles. The van der Waals surface area contributed by atoms with Crippen LogP contribution in [0.4, 0.5) is 0 Å². The highest BCUT2D eigenvalue weighted by Gasteiger charge is 2.20. The Labute approximate surface area is 93.1 Å².